The number of hydrogen-bond acceptors (Lipinski definition) is 2. The van der Waals surface area contributed by atoms with Crippen LogP contribution in [-0.4, -0.2) is 19.0 Å². The summed E-state index contributed by atoms with van der Waals surface area (Å²) in [6, 6.07) is 16.2. The van der Waals surface area contributed by atoms with Crippen LogP contribution >= 0.6 is 15.9 Å². The van der Waals surface area contributed by atoms with Gasteiger partial charge in [0.25, 0.3) is 0 Å². The van der Waals surface area contributed by atoms with Crippen molar-refractivity contribution >= 4 is 15.9 Å². The van der Waals surface area contributed by atoms with Gasteiger partial charge in [0.05, 0.1) is 13.7 Å². The Labute approximate surface area is 116 Å². The highest BCUT2D eigenvalue weighted by atomic mass is 79.9. The highest BCUT2D eigenvalue weighted by Crippen LogP contribution is 2.32. The molecule has 0 bridgehead atoms. The van der Waals surface area contributed by atoms with Crippen molar-refractivity contribution in [2.24, 2.45) is 0 Å². The summed E-state index contributed by atoms with van der Waals surface area (Å²) in [4.78, 5) is 0. The van der Waals surface area contributed by atoms with E-state index in [4.69, 9.17) is 9.47 Å². The normalized spacial score (nSPS) is 10.1. The van der Waals surface area contributed by atoms with E-state index in [-0.39, 0.29) is 0 Å². The van der Waals surface area contributed by atoms with Crippen LogP contribution in [0.15, 0.2) is 48.5 Å². The van der Waals surface area contributed by atoms with E-state index in [0.717, 1.165) is 22.4 Å². The molecule has 2 rings (SSSR count). The number of benzene rings is 2. The zero-order valence-electron chi connectivity index (χ0n) is 10.2. The summed E-state index contributed by atoms with van der Waals surface area (Å²) in [5.41, 5.74) is 2.30. The zero-order chi connectivity index (χ0) is 12.8. The maximum absolute atomic E-state index is 5.67. The first-order valence-electron chi connectivity index (χ1n) is 5.77. The molecule has 0 aromatic heterocycles. The lowest BCUT2D eigenvalue weighted by Crippen LogP contribution is -2.00. The predicted octanol–water partition coefficient (Wildman–Crippen LogP) is 4.14. The highest BCUT2D eigenvalue weighted by Gasteiger charge is 2.06. The van der Waals surface area contributed by atoms with Crippen LogP contribution in [0, 0.1) is 0 Å². The third-order valence-electron chi connectivity index (χ3n) is 2.61. The third-order valence-corrected chi connectivity index (χ3v) is 2.93. The van der Waals surface area contributed by atoms with Gasteiger partial charge in [-0.05, 0) is 23.3 Å². The third kappa shape index (κ3) is 3.05. The van der Waals surface area contributed by atoms with Gasteiger partial charge in [0.15, 0.2) is 11.5 Å². The molecule has 2 aromatic rings. The highest BCUT2D eigenvalue weighted by molar-refractivity contribution is 9.09. The summed E-state index contributed by atoms with van der Waals surface area (Å²) in [5, 5.41) is 0.797. The van der Waals surface area contributed by atoms with Gasteiger partial charge in [0.2, 0.25) is 0 Å². The van der Waals surface area contributed by atoms with Gasteiger partial charge in [0.1, 0.15) is 0 Å². The number of methoxy groups -OCH3 is 1. The maximum Gasteiger partial charge on any atom is 0.161 e. The Morgan fingerprint density at radius 1 is 0.944 bits per heavy atom. The second-order valence-electron chi connectivity index (χ2n) is 3.77. The Balaban J connectivity index is 2.33. The van der Waals surface area contributed by atoms with E-state index in [0.29, 0.717) is 6.61 Å². The minimum absolute atomic E-state index is 0.620. The molecule has 2 aromatic carbocycles. The molecule has 0 amide bonds. The first-order valence-corrected chi connectivity index (χ1v) is 6.89. The first kappa shape index (κ1) is 13.0. The number of halogens is 1. The standard InChI is InChI=1S/C15H15BrO2/c1-17-14-8-7-13(11-15(14)18-10-9-16)12-5-3-2-4-6-12/h2-8,11H,9-10H2,1H3. The zero-order valence-corrected chi connectivity index (χ0v) is 11.8. The Bertz CT molecular complexity index is 497. The van der Waals surface area contributed by atoms with Gasteiger partial charge in [-0.2, -0.15) is 0 Å². The molecule has 3 heteroatoms. The molecular weight excluding hydrogens is 292 g/mol. The Hall–Kier alpha value is -1.48. The van der Waals surface area contributed by atoms with Gasteiger partial charge in [0, 0.05) is 5.33 Å². The van der Waals surface area contributed by atoms with Crippen molar-refractivity contribution in [1.29, 1.82) is 0 Å². The SMILES string of the molecule is COc1ccc(-c2ccccc2)cc1OCCBr. The van der Waals surface area contributed by atoms with Gasteiger partial charge >= 0.3 is 0 Å². The average molecular weight is 307 g/mol. The number of alkyl halides is 1. The summed E-state index contributed by atoms with van der Waals surface area (Å²) < 4.78 is 11.0. The van der Waals surface area contributed by atoms with Crippen molar-refractivity contribution in [2.75, 3.05) is 19.0 Å². The van der Waals surface area contributed by atoms with Crippen LogP contribution in [0.4, 0.5) is 0 Å². The van der Waals surface area contributed by atoms with E-state index in [1.165, 1.54) is 5.56 Å². The molecule has 0 aliphatic carbocycles. The molecule has 94 valence electrons. The van der Waals surface area contributed by atoms with E-state index in [1.54, 1.807) is 7.11 Å². The number of ether oxygens (including phenoxy) is 2. The largest absolute Gasteiger partial charge is 0.493 e. The molecular formula is C15H15BrO2. The van der Waals surface area contributed by atoms with Crippen LogP contribution in [-0.2, 0) is 0 Å². The molecule has 0 N–H and O–H groups in total. The van der Waals surface area contributed by atoms with Crippen LogP contribution in [0.1, 0.15) is 0 Å². The smallest absolute Gasteiger partial charge is 0.161 e. The molecule has 0 saturated heterocycles. The van der Waals surface area contributed by atoms with Crippen LogP contribution < -0.4 is 9.47 Å². The molecule has 0 radical (unpaired) electrons. The minimum atomic E-state index is 0.620. The fraction of sp³-hybridized carbons (Fsp3) is 0.200. The topological polar surface area (TPSA) is 18.5 Å². The fourth-order valence-electron chi connectivity index (χ4n) is 1.75. The molecule has 0 spiro atoms. The summed E-state index contributed by atoms with van der Waals surface area (Å²) in [7, 11) is 1.65. The van der Waals surface area contributed by atoms with Gasteiger partial charge in [-0.1, -0.05) is 52.3 Å². The molecule has 0 saturated carbocycles. The van der Waals surface area contributed by atoms with E-state index in [1.807, 2.05) is 36.4 Å². The molecule has 2 nitrogen and oxygen atoms in total. The van der Waals surface area contributed by atoms with Crippen molar-refractivity contribution < 1.29 is 9.47 Å². The Morgan fingerprint density at radius 2 is 1.72 bits per heavy atom. The quantitative estimate of drug-likeness (QED) is 0.773. The second-order valence-corrected chi connectivity index (χ2v) is 4.56. The fourth-order valence-corrected chi connectivity index (χ4v) is 1.91. The van der Waals surface area contributed by atoms with Crippen molar-refractivity contribution in [3.05, 3.63) is 48.5 Å². The summed E-state index contributed by atoms with van der Waals surface area (Å²) >= 11 is 3.35. The number of hydrogen-bond donors (Lipinski definition) is 0. The van der Waals surface area contributed by atoms with Gasteiger partial charge < -0.3 is 9.47 Å². The lowest BCUT2D eigenvalue weighted by atomic mass is 10.1. The first-order chi connectivity index (χ1) is 8.85. The molecule has 0 unspecified atom stereocenters. The minimum Gasteiger partial charge on any atom is -0.493 e. The monoisotopic (exact) mass is 306 g/mol. The van der Waals surface area contributed by atoms with E-state index in [2.05, 4.69) is 28.1 Å². The molecule has 0 atom stereocenters. The lowest BCUT2D eigenvalue weighted by Gasteiger charge is -2.11. The van der Waals surface area contributed by atoms with E-state index < -0.39 is 0 Å². The van der Waals surface area contributed by atoms with Crippen molar-refractivity contribution in [3.63, 3.8) is 0 Å². The van der Waals surface area contributed by atoms with Crippen LogP contribution in [0.25, 0.3) is 11.1 Å². The van der Waals surface area contributed by atoms with Gasteiger partial charge in [-0.25, -0.2) is 0 Å². The average Bonchev–Trinajstić information content (AvgIpc) is 2.45. The Morgan fingerprint density at radius 3 is 2.39 bits per heavy atom. The lowest BCUT2D eigenvalue weighted by molar-refractivity contribution is 0.314. The second kappa shape index (κ2) is 6.45. The van der Waals surface area contributed by atoms with Gasteiger partial charge in [-0.3, -0.25) is 0 Å². The summed E-state index contributed by atoms with van der Waals surface area (Å²) in [5.74, 6) is 1.54. The van der Waals surface area contributed by atoms with Crippen LogP contribution in [0.3, 0.4) is 0 Å². The molecule has 0 fully saturated rings. The van der Waals surface area contributed by atoms with Crippen molar-refractivity contribution in [2.45, 2.75) is 0 Å². The Kier molecular flexibility index (Phi) is 4.65. The maximum atomic E-state index is 5.67. The van der Waals surface area contributed by atoms with Gasteiger partial charge in [-0.15, -0.1) is 0 Å². The number of rotatable bonds is 5. The van der Waals surface area contributed by atoms with E-state index in [9.17, 15) is 0 Å². The molecule has 0 aliphatic rings. The summed E-state index contributed by atoms with van der Waals surface area (Å²) in [6.07, 6.45) is 0. The van der Waals surface area contributed by atoms with E-state index >= 15 is 0 Å². The van der Waals surface area contributed by atoms with Crippen LogP contribution in [0.5, 0.6) is 11.5 Å². The molecule has 0 aliphatic heterocycles. The molecule has 0 heterocycles. The predicted molar refractivity (Wildman–Crippen MR) is 77.7 cm³/mol. The molecule has 18 heavy (non-hydrogen) atoms. The summed E-state index contributed by atoms with van der Waals surface area (Å²) in [6.45, 7) is 0.620. The van der Waals surface area contributed by atoms with Crippen molar-refractivity contribution in [3.8, 4) is 22.6 Å². The van der Waals surface area contributed by atoms with Crippen LogP contribution in [0.2, 0.25) is 0 Å². The van der Waals surface area contributed by atoms with Crippen molar-refractivity contribution in [1.82, 2.24) is 0 Å².